The minimum Gasteiger partial charge on any atom is -0.387 e. The maximum absolute atomic E-state index is 11.8. The molecule has 0 radical (unpaired) electrons. The normalized spacial score (nSPS) is 19.3. The second-order valence-corrected chi connectivity index (χ2v) is 5.95. The van der Waals surface area contributed by atoms with Gasteiger partial charge in [-0.15, -0.1) is 0 Å². The van der Waals surface area contributed by atoms with Crippen LogP contribution in [0.3, 0.4) is 0 Å². The van der Waals surface area contributed by atoms with Crippen molar-refractivity contribution in [3.63, 3.8) is 0 Å². The fourth-order valence-electron chi connectivity index (χ4n) is 2.36. The van der Waals surface area contributed by atoms with Crippen molar-refractivity contribution in [3.05, 3.63) is 22.4 Å². The third kappa shape index (κ3) is 4.47. The van der Waals surface area contributed by atoms with Crippen LogP contribution in [0.5, 0.6) is 0 Å². The number of carbonyl (C=O) groups is 1. The van der Waals surface area contributed by atoms with E-state index in [0.717, 1.165) is 31.6 Å². The minimum atomic E-state index is -0.648. The molecule has 0 bridgehead atoms. The van der Waals surface area contributed by atoms with E-state index in [1.54, 1.807) is 0 Å². The van der Waals surface area contributed by atoms with E-state index in [2.05, 4.69) is 10.6 Å². The molecule has 0 saturated carbocycles. The summed E-state index contributed by atoms with van der Waals surface area (Å²) in [5.74, 6) is 0.469. The number of carbonyl (C=O) groups excluding carboxylic acids is 1. The minimum absolute atomic E-state index is 0.122. The molecule has 1 aliphatic rings. The summed E-state index contributed by atoms with van der Waals surface area (Å²) in [5, 5.41) is 19.3. The summed E-state index contributed by atoms with van der Waals surface area (Å²) in [5.41, 5.74) is 0.841. The van der Waals surface area contributed by atoms with Gasteiger partial charge in [0.25, 0.3) is 0 Å². The molecule has 0 aromatic carbocycles. The van der Waals surface area contributed by atoms with Crippen molar-refractivity contribution in [2.45, 2.75) is 31.9 Å². The molecule has 2 unspecified atom stereocenters. The Morgan fingerprint density at radius 1 is 1.55 bits per heavy atom. The van der Waals surface area contributed by atoms with Crippen molar-refractivity contribution in [1.29, 1.82) is 0 Å². The van der Waals surface area contributed by atoms with Gasteiger partial charge in [0.1, 0.15) is 0 Å². The molecule has 3 N–H and O–H groups in total. The maximum atomic E-state index is 11.8. The summed E-state index contributed by atoms with van der Waals surface area (Å²) in [6.07, 6.45) is 1.32. The fourth-order valence-corrected chi connectivity index (χ4v) is 3.07. The molecule has 2 rings (SSSR count). The average molecular weight is 298 g/mol. The molecule has 1 aromatic heterocycles. The predicted molar refractivity (Wildman–Crippen MR) is 78.8 cm³/mol. The molecule has 2 heterocycles. The Morgan fingerprint density at radius 3 is 2.95 bits per heavy atom. The van der Waals surface area contributed by atoms with Crippen LogP contribution in [0.25, 0.3) is 0 Å². The van der Waals surface area contributed by atoms with Crippen molar-refractivity contribution < 1.29 is 14.6 Å². The molecule has 1 saturated heterocycles. The third-order valence-electron chi connectivity index (χ3n) is 3.72. The van der Waals surface area contributed by atoms with E-state index in [1.165, 1.54) is 11.3 Å². The largest absolute Gasteiger partial charge is 0.387 e. The zero-order valence-corrected chi connectivity index (χ0v) is 12.5. The van der Waals surface area contributed by atoms with Gasteiger partial charge in [-0.3, -0.25) is 0 Å². The van der Waals surface area contributed by atoms with Crippen LogP contribution in [0, 0.1) is 5.92 Å². The highest BCUT2D eigenvalue weighted by atomic mass is 32.1. The molecule has 0 aliphatic carbocycles. The van der Waals surface area contributed by atoms with Crippen LogP contribution < -0.4 is 10.6 Å². The van der Waals surface area contributed by atoms with Gasteiger partial charge in [0.2, 0.25) is 0 Å². The van der Waals surface area contributed by atoms with Crippen LogP contribution in [0.1, 0.15) is 31.4 Å². The Labute approximate surface area is 123 Å². The second kappa shape index (κ2) is 7.61. The zero-order chi connectivity index (χ0) is 14.4. The molecule has 112 valence electrons. The Hall–Kier alpha value is -1.11. The Kier molecular flexibility index (Phi) is 5.82. The second-order valence-electron chi connectivity index (χ2n) is 5.17. The SMILES string of the molecule is CC(NC(=O)NCC(O)c1ccsc1)C1CCOCC1. The van der Waals surface area contributed by atoms with Crippen LogP contribution in [0.4, 0.5) is 4.79 Å². The van der Waals surface area contributed by atoms with Crippen molar-refractivity contribution in [2.24, 2.45) is 5.92 Å². The lowest BCUT2D eigenvalue weighted by molar-refractivity contribution is 0.0570. The molecular formula is C14H22N2O3S. The number of amides is 2. The molecule has 5 nitrogen and oxygen atoms in total. The molecule has 1 fully saturated rings. The molecule has 1 aliphatic heterocycles. The average Bonchev–Trinajstić information content (AvgIpc) is 3.00. The first kappa shape index (κ1) is 15.3. The van der Waals surface area contributed by atoms with Crippen molar-refractivity contribution in [2.75, 3.05) is 19.8 Å². The van der Waals surface area contributed by atoms with E-state index in [0.29, 0.717) is 5.92 Å². The number of nitrogens with one attached hydrogen (secondary N) is 2. The van der Waals surface area contributed by atoms with Gasteiger partial charge in [0.15, 0.2) is 0 Å². The van der Waals surface area contributed by atoms with Gasteiger partial charge in [-0.2, -0.15) is 11.3 Å². The summed E-state index contributed by atoms with van der Waals surface area (Å²) >= 11 is 1.53. The van der Waals surface area contributed by atoms with Crippen LogP contribution in [0.15, 0.2) is 16.8 Å². The van der Waals surface area contributed by atoms with Crippen LogP contribution in [-0.2, 0) is 4.74 Å². The summed E-state index contributed by atoms with van der Waals surface area (Å²) in [4.78, 5) is 11.8. The summed E-state index contributed by atoms with van der Waals surface area (Å²) in [7, 11) is 0. The van der Waals surface area contributed by atoms with E-state index in [1.807, 2.05) is 23.8 Å². The van der Waals surface area contributed by atoms with Crippen LogP contribution in [0.2, 0.25) is 0 Å². The first-order valence-corrected chi connectivity index (χ1v) is 7.93. The summed E-state index contributed by atoms with van der Waals surface area (Å²) in [6, 6.07) is 1.76. The Balaban J connectivity index is 1.69. The zero-order valence-electron chi connectivity index (χ0n) is 11.7. The first-order valence-electron chi connectivity index (χ1n) is 6.99. The van der Waals surface area contributed by atoms with E-state index in [9.17, 15) is 9.90 Å². The van der Waals surface area contributed by atoms with E-state index >= 15 is 0 Å². The van der Waals surface area contributed by atoms with Gasteiger partial charge in [0, 0.05) is 25.8 Å². The molecule has 2 atom stereocenters. The number of hydrogen-bond donors (Lipinski definition) is 3. The fraction of sp³-hybridized carbons (Fsp3) is 0.643. The van der Waals surface area contributed by atoms with Crippen LogP contribution in [-0.4, -0.2) is 36.9 Å². The van der Waals surface area contributed by atoms with E-state index < -0.39 is 6.10 Å². The highest BCUT2D eigenvalue weighted by Gasteiger charge is 2.22. The standard InChI is InChI=1S/C14H22N2O3S/c1-10(11-2-5-19-6-3-11)16-14(18)15-8-13(17)12-4-7-20-9-12/h4,7,9-11,13,17H,2-3,5-6,8H2,1H3,(H2,15,16,18). The van der Waals surface area contributed by atoms with Crippen molar-refractivity contribution in [1.82, 2.24) is 10.6 Å². The number of hydrogen-bond acceptors (Lipinski definition) is 4. The number of rotatable bonds is 5. The first-order chi connectivity index (χ1) is 9.66. The van der Waals surface area contributed by atoms with Crippen molar-refractivity contribution >= 4 is 17.4 Å². The van der Waals surface area contributed by atoms with E-state index in [4.69, 9.17) is 4.74 Å². The van der Waals surface area contributed by atoms with Gasteiger partial charge in [-0.25, -0.2) is 4.79 Å². The highest BCUT2D eigenvalue weighted by Crippen LogP contribution is 2.18. The highest BCUT2D eigenvalue weighted by molar-refractivity contribution is 7.07. The van der Waals surface area contributed by atoms with Crippen LogP contribution >= 0.6 is 11.3 Å². The topological polar surface area (TPSA) is 70.6 Å². The Morgan fingerprint density at radius 2 is 2.30 bits per heavy atom. The van der Waals surface area contributed by atoms with Gasteiger partial charge >= 0.3 is 6.03 Å². The van der Waals surface area contributed by atoms with Gasteiger partial charge in [-0.05, 0) is 48.1 Å². The molecule has 20 heavy (non-hydrogen) atoms. The molecule has 0 spiro atoms. The number of ether oxygens (including phenoxy) is 1. The van der Waals surface area contributed by atoms with E-state index in [-0.39, 0.29) is 18.6 Å². The molecule has 6 heteroatoms. The molecule has 2 amide bonds. The third-order valence-corrected chi connectivity index (χ3v) is 4.42. The summed E-state index contributed by atoms with van der Waals surface area (Å²) < 4.78 is 5.31. The molecule has 1 aromatic rings. The predicted octanol–water partition coefficient (Wildman–Crippen LogP) is 1.90. The number of urea groups is 1. The number of aliphatic hydroxyl groups excluding tert-OH is 1. The summed E-state index contributed by atoms with van der Waals surface area (Å²) in [6.45, 7) is 3.79. The lowest BCUT2D eigenvalue weighted by Crippen LogP contribution is -2.46. The van der Waals surface area contributed by atoms with Gasteiger partial charge in [0.05, 0.1) is 6.10 Å². The maximum Gasteiger partial charge on any atom is 0.315 e. The van der Waals surface area contributed by atoms with Crippen molar-refractivity contribution in [3.8, 4) is 0 Å². The van der Waals surface area contributed by atoms with Gasteiger partial charge in [-0.1, -0.05) is 0 Å². The number of aliphatic hydroxyl groups is 1. The monoisotopic (exact) mass is 298 g/mol. The van der Waals surface area contributed by atoms with Gasteiger partial charge < -0.3 is 20.5 Å². The molecular weight excluding hydrogens is 276 g/mol. The lowest BCUT2D eigenvalue weighted by Gasteiger charge is -2.28. The quantitative estimate of drug-likeness (QED) is 0.777. The smallest absolute Gasteiger partial charge is 0.315 e. The Bertz CT molecular complexity index is 405. The lowest BCUT2D eigenvalue weighted by atomic mass is 9.93. The number of thiophene rings is 1.